The molecule has 2 nitrogen and oxygen atoms in total. The van der Waals surface area contributed by atoms with E-state index in [4.69, 9.17) is 4.74 Å². The van der Waals surface area contributed by atoms with Gasteiger partial charge in [0.25, 0.3) is 0 Å². The molecule has 0 saturated carbocycles. The molecule has 1 aromatic heterocycles. The molecule has 19 heavy (non-hydrogen) atoms. The van der Waals surface area contributed by atoms with Crippen LogP contribution in [0.4, 0.5) is 0 Å². The minimum atomic E-state index is 0.526. The fourth-order valence-corrected chi connectivity index (χ4v) is 1.58. The van der Waals surface area contributed by atoms with E-state index in [0.29, 0.717) is 5.92 Å². The van der Waals surface area contributed by atoms with Gasteiger partial charge in [-0.25, -0.2) is 0 Å². The molecule has 0 aliphatic rings. The van der Waals surface area contributed by atoms with Crippen molar-refractivity contribution in [2.45, 2.75) is 13.8 Å². The predicted octanol–water partition coefficient (Wildman–Crippen LogP) is 4.29. The van der Waals surface area contributed by atoms with Crippen molar-refractivity contribution in [2.24, 2.45) is 5.92 Å². The van der Waals surface area contributed by atoms with Gasteiger partial charge in [0.05, 0.1) is 18.5 Å². The second-order valence-electron chi connectivity index (χ2n) is 4.87. The quantitative estimate of drug-likeness (QED) is 0.793. The zero-order valence-electron chi connectivity index (χ0n) is 11.4. The maximum absolute atomic E-state index is 5.60. The van der Waals surface area contributed by atoms with E-state index in [0.717, 1.165) is 18.1 Å². The topological polar surface area (TPSA) is 22.1 Å². The molecule has 0 atom stereocenters. The highest BCUT2D eigenvalue weighted by molar-refractivity contribution is 5.67. The molecule has 0 N–H and O–H groups in total. The Morgan fingerprint density at radius 2 is 1.84 bits per heavy atom. The molecule has 0 amide bonds. The summed E-state index contributed by atoms with van der Waals surface area (Å²) < 4.78 is 5.60. The zero-order valence-corrected chi connectivity index (χ0v) is 11.4. The Labute approximate surface area is 114 Å². The molecule has 2 heteroatoms. The van der Waals surface area contributed by atoms with Crippen LogP contribution in [0.15, 0.2) is 48.7 Å². The highest BCUT2D eigenvalue weighted by Crippen LogP contribution is 2.12. The van der Waals surface area contributed by atoms with Crippen LogP contribution in [-0.4, -0.2) is 11.6 Å². The first-order valence-corrected chi connectivity index (χ1v) is 6.56. The van der Waals surface area contributed by atoms with Crippen LogP contribution in [0.25, 0.3) is 12.2 Å². The maximum atomic E-state index is 5.60. The van der Waals surface area contributed by atoms with E-state index in [9.17, 15) is 0 Å². The molecule has 98 valence electrons. The van der Waals surface area contributed by atoms with E-state index in [1.165, 1.54) is 5.56 Å². The van der Waals surface area contributed by atoms with Gasteiger partial charge in [0.15, 0.2) is 0 Å². The molecular weight excluding hydrogens is 234 g/mol. The second kappa shape index (κ2) is 6.74. The van der Waals surface area contributed by atoms with Gasteiger partial charge < -0.3 is 4.74 Å². The van der Waals surface area contributed by atoms with Crippen LogP contribution >= 0.6 is 0 Å². The molecule has 0 aliphatic carbocycles. The van der Waals surface area contributed by atoms with Gasteiger partial charge in [0, 0.05) is 0 Å². The second-order valence-corrected chi connectivity index (χ2v) is 4.87. The lowest BCUT2D eigenvalue weighted by molar-refractivity contribution is 0.270. The smallest absolute Gasteiger partial charge is 0.137 e. The number of pyridine rings is 1. The summed E-state index contributed by atoms with van der Waals surface area (Å²) in [5.41, 5.74) is 2.10. The summed E-state index contributed by atoms with van der Waals surface area (Å²) in [6, 6.07) is 14.1. The average molecular weight is 253 g/mol. The molecule has 0 radical (unpaired) electrons. The SMILES string of the molecule is CC(C)COc1ccc(/C=C/c2ccccc2)nc1. The highest BCUT2D eigenvalue weighted by atomic mass is 16.5. The minimum absolute atomic E-state index is 0.526. The van der Waals surface area contributed by atoms with E-state index >= 15 is 0 Å². The first-order valence-electron chi connectivity index (χ1n) is 6.56. The summed E-state index contributed by atoms with van der Waals surface area (Å²) in [6.45, 7) is 4.98. The van der Waals surface area contributed by atoms with Gasteiger partial charge in [-0.3, -0.25) is 4.98 Å². The minimum Gasteiger partial charge on any atom is -0.492 e. The molecular formula is C17H19NO. The molecule has 0 fully saturated rings. The molecule has 0 unspecified atom stereocenters. The number of rotatable bonds is 5. The van der Waals surface area contributed by atoms with Crippen LogP contribution in [0.2, 0.25) is 0 Å². The Bertz CT molecular complexity index is 515. The predicted molar refractivity (Wildman–Crippen MR) is 79.9 cm³/mol. The molecule has 0 bridgehead atoms. The lowest BCUT2D eigenvalue weighted by Crippen LogP contribution is -2.04. The molecule has 2 aromatic rings. The average Bonchev–Trinajstić information content (AvgIpc) is 2.45. The summed E-state index contributed by atoms with van der Waals surface area (Å²) >= 11 is 0. The lowest BCUT2D eigenvalue weighted by Gasteiger charge is -2.07. The number of ether oxygens (including phenoxy) is 1. The molecule has 0 saturated heterocycles. The molecule has 0 spiro atoms. The monoisotopic (exact) mass is 253 g/mol. The van der Waals surface area contributed by atoms with E-state index in [1.54, 1.807) is 6.20 Å². The first-order chi connectivity index (χ1) is 9.24. The Hall–Kier alpha value is -2.09. The summed E-state index contributed by atoms with van der Waals surface area (Å²) in [5, 5.41) is 0. The van der Waals surface area contributed by atoms with E-state index < -0.39 is 0 Å². The summed E-state index contributed by atoms with van der Waals surface area (Å²) in [4.78, 5) is 4.36. The molecule has 1 heterocycles. The number of benzene rings is 1. The summed E-state index contributed by atoms with van der Waals surface area (Å²) in [5.74, 6) is 1.35. The van der Waals surface area contributed by atoms with Gasteiger partial charge in [-0.2, -0.15) is 0 Å². The Balaban J connectivity index is 1.97. The van der Waals surface area contributed by atoms with Crippen LogP contribution in [0.5, 0.6) is 5.75 Å². The lowest BCUT2D eigenvalue weighted by atomic mass is 10.2. The summed E-state index contributed by atoms with van der Waals surface area (Å²) in [7, 11) is 0. The van der Waals surface area contributed by atoms with Gasteiger partial charge in [-0.1, -0.05) is 50.3 Å². The third kappa shape index (κ3) is 4.59. The number of aromatic nitrogens is 1. The zero-order chi connectivity index (χ0) is 13.5. The Morgan fingerprint density at radius 1 is 1.05 bits per heavy atom. The van der Waals surface area contributed by atoms with Crippen LogP contribution in [0.3, 0.4) is 0 Å². The van der Waals surface area contributed by atoms with Gasteiger partial charge in [-0.15, -0.1) is 0 Å². The Kier molecular flexibility index (Phi) is 4.73. The fraction of sp³-hybridized carbons (Fsp3) is 0.235. The third-order valence-corrected chi connectivity index (χ3v) is 2.59. The highest BCUT2D eigenvalue weighted by Gasteiger charge is 1.97. The van der Waals surface area contributed by atoms with Gasteiger partial charge in [0.2, 0.25) is 0 Å². The van der Waals surface area contributed by atoms with Crippen molar-refractivity contribution in [3.05, 3.63) is 59.9 Å². The van der Waals surface area contributed by atoms with Gasteiger partial charge in [-0.05, 0) is 29.7 Å². The third-order valence-electron chi connectivity index (χ3n) is 2.59. The van der Waals surface area contributed by atoms with Crippen LogP contribution in [0, 0.1) is 5.92 Å². The van der Waals surface area contributed by atoms with Crippen molar-refractivity contribution in [1.29, 1.82) is 0 Å². The van der Waals surface area contributed by atoms with E-state index in [-0.39, 0.29) is 0 Å². The van der Waals surface area contributed by atoms with Crippen molar-refractivity contribution in [1.82, 2.24) is 4.98 Å². The van der Waals surface area contributed by atoms with Gasteiger partial charge in [0.1, 0.15) is 5.75 Å². The Morgan fingerprint density at radius 3 is 2.47 bits per heavy atom. The largest absolute Gasteiger partial charge is 0.492 e. The molecule has 2 rings (SSSR count). The summed E-state index contributed by atoms with van der Waals surface area (Å²) in [6.07, 6.45) is 5.82. The molecule has 0 aliphatic heterocycles. The van der Waals surface area contributed by atoms with E-state index in [1.807, 2.05) is 36.4 Å². The fourth-order valence-electron chi connectivity index (χ4n) is 1.58. The van der Waals surface area contributed by atoms with E-state index in [2.05, 4.69) is 37.0 Å². The van der Waals surface area contributed by atoms with Crippen molar-refractivity contribution in [2.75, 3.05) is 6.61 Å². The first kappa shape index (κ1) is 13.3. The van der Waals surface area contributed by atoms with Crippen molar-refractivity contribution in [3.63, 3.8) is 0 Å². The van der Waals surface area contributed by atoms with Crippen molar-refractivity contribution >= 4 is 12.2 Å². The van der Waals surface area contributed by atoms with Crippen molar-refractivity contribution < 1.29 is 4.74 Å². The normalized spacial score (nSPS) is 11.1. The van der Waals surface area contributed by atoms with Crippen LogP contribution in [-0.2, 0) is 0 Å². The standard InChI is InChI=1S/C17H19NO/c1-14(2)13-19-17-11-10-16(18-12-17)9-8-15-6-4-3-5-7-15/h3-12,14H,13H2,1-2H3/b9-8+. The number of hydrogen-bond acceptors (Lipinski definition) is 2. The van der Waals surface area contributed by atoms with Crippen molar-refractivity contribution in [3.8, 4) is 5.75 Å². The number of hydrogen-bond donors (Lipinski definition) is 0. The molecule has 1 aromatic carbocycles. The maximum Gasteiger partial charge on any atom is 0.137 e. The van der Waals surface area contributed by atoms with Crippen LogP contribution in [0.1, 0.15) is 25.1 Å². The number of nitrogens with zero attached hydrogens (tertiary/aromatic N) is 1. The van der Waals surface area contributed by atoms with Gasteiger partial charge >= 0.3 is 0 Å². The van der Waals surface area contributed by atoms with Crippen LogP contribution < -0.4 is 4.74 Å².